The minimum Gasteiger partial charge on any atom is -0.345 e. The largest absolute Gasteiger partial charge is 0.345 e. The van der Waals surface area contributed by atoms with Gasteiger partial charge in [-0.1, -0.05) is 18.2 Å². The van der Waals surface area contributed by atoms with Crippen LogP contribution < -0.4 is 10.2 Å². The van der Waals surface area contributed by atoms with Crippen molar-refractivity contribution in [3.63, 3.8) is 0 Å². The molecule has 2 saturated heterocycles. The number of imide groups is 1. The molecular formula is C18H19N5O3S. The van der Waals surface area contributed by atoms with Crippen LogP contribution in [0.4, 0.5) is 9.93 Å². The third kappa shape index (κ3) is 3.50. The maximum absolute atomic E-state index is 13.0. The molecule has 1 N–H and O–H groups in total. The standard InChI is InChI=1S/C18H19N5O3S/c24-15-11-20-17(26)23(15)12-13-3-1-2-4-14(13)16(25)21-6-8-22(9-7-21)18-19-5-10-27-18/h1-5,10H,6-9,11-12H2,(H,20,26). The van der Waals surface area contributed by atoms with Gasteiger partial charge in [-0.05, 0) is 11.6 Å². The summed E-state index contributed by atoms with van der Waals surface area (Å²) in [7, 11) is 0. The average molecular weight is 385 g/mol. The van der Waals surface area contributed by atoms with E-state index < -0.39 is 6.03 Å². The molecule has 0 saturated carbocycles. The van der Waals surface area contributed by atoms with E-state index in [-0.39, 0.29) is 24.9 Å². The molecule has 2 fully saturated rings. The summed E-state index contributed by atoms with van der Waals surface area (Å²) in [6, 6.07) is 6.74. The third-order valence-electron chi connectivity index (χ3n) is 4.77. The van der Waals surface area contributed by atoms with Crippen LogP contribution in [0.1, 0.15) is 15.9 Å². The van der Waals surface area contributed by atoms with E-state index in [9.17, 15) is 14.4 Å². The van der Waals surface area contributed by atoms with E-state index in [1.54, 1.807) is 35.7 Å². The Morgan fingerprint density at radius 2 is 1.93 bits per heavy atom. The number of amides is 4. The molecule has 0 unspecified atom stereocenters. The van der Waals surface area contributed by atoms with E-state index >= 15 is 0 Å². The lowest BCUT2D eigenvalue weighted by Crippen LogP contribution is -2.49. The molecule has 1 aromatic carbocycles. The highest BCUT2D eigenvalue weighted by Crippen LogP contribution is 2.21. The first kappa shape index (κ1) is 17.5. The van der Waals surface area contributed by atoms with Crippen LogP contribution in [0, 0.1) is 0 Å². The normalized spacial score (nSPS) is 17.4. The molecule has 140 valence electrons. The van der Waals surface area contributed by atoms with Crippen molar-refractivity contribution in [1.82, 2.24) is 20.1 Å². The second-order valence-electron chi connectivity index (χ2n) is 6.39. The van der Waals surface area contributed by atoms with Crippen molar-refractivity contribution in [2.75, 3.05) is 37.6 Å². The van der Waals surface area contributed by atoms with E-state index in [1.807, 2.05) is 16.3 Å². The smallest absolute Gasteiger partial charge is 0.324 e. The SMILES string of the molecule is O=C(c1ccccc1CN1C(=O)CNC1=O)N1CCN(c2nccs2)CC1. The van der Waals surface area contributed by atoms with Crippen LogP contribution in [-0.2, 0) is 11.3 Å². The van der Waals surface area contributed by atoms with Gasteiger partial charge in [0.05, 0.1) is 13.1 Å². The van der Waals surface area contributed by atoms with E-state index in [2.05, 4.69) is 15.2 Å². The number of carbonyl (C=O) groups excluding carboxylic acids is 3. The second-order valence-corrected chi connectivity index (χ2v) is 7.26. The van der Waals surface area contributed by atoms with E-state index in [4.69, 9.17) is 0 Å². The molecular weight excluding hydrogens is 366 g/mol. The van der Waals surface area contributed by atoms with Gasteiger partial charge in [0.25, 0.3) is 5.91 Å². The third-order valence-corrected chi connectivity index (χ3v) is 5.60. The summed E-state index contributed by atoms with van der Waals surface area (Å²) in [4.78, 5) is 46.2. The molecule has 1 aromatic heterocycles. The maximum atomic E-state index is 13.0. The lowest BCUT2D eigenvalue weighted by atomic mass is 10.1. The van der Waals surface area contributed by atoms with Gasteiger partial charge in [0, 0.05) is 43.3 Å². The highest BCUT2D eigenvalue weighted by molar-refractivity contribution is 7.13. The fourth-order valence-corrected chi connectivity index (χ4v) is 3.99. The Morgan fingerprint density at radius 1 is 1.15 bits per heavy atom. The van der Waals surface area contributed by atoms with Crippen LogP contribution in [0.5, 0.6) is 0 Å². The lowest BCUT2D eigenvalue weighted by Gasteiger charge is -2.35. The molecule has 27 heavy (non-hydrogen) atoms. The summed E-state index contributed by atoms with van der Waals surface area (Å²) in [6.07, 6.45) is 1.78. The van der Waals surface area contributed by atoms with Crippen molar-refractivity contribution in [2.45, 2.75) is 6.54 Å². The minimum atomic E-state index is -0.417. The van der Waals surface area contributed by atoms with Crippen molar-refractivity contribution >= 4 is 34.3 Å². The van der Waals surface area contributed by atoms with Gasteiger partial charge in [0.15, 0.2) is 5.13 Å². The number of piperazine rings is 1. The molecule has 4 rings (SSSR count). The monoisotopic (exact) mass is 385 g/mol. The number of aromatic nitrogens is 1. The molecule has 0 spiro atoms. The zero-order chi connectivity index (χ0) is 18.8. The average Bonchev–Trinajstić information content (AvgIpc) is 3.34. The van der Waals surface area contributed by atoms with Crippen molar-refractivity contribution < 1.29 is 14.4 Å². The minimum absolute atomic E-state index is 0.00760. The van der Waals surface area contributed by atoms with E-state index in [0.717, 1.165) is 23.1 Å². The molecule has 0 atom stereocenters. The number of hydrogen-bond donors (Lipinski definition) is 1. The fourth-order valence-electron chi connectivity index (χ4n) is 3.30. The quantitative estimate of drug-likeness (QED) is 0.798. The summed E-state index contributed by atoms with van der Waals surface area (Å²) in [5.74, 6) is -0.351. The topological polar surface area (TPSA) is 85.8 Å². The summed E-state index contributed by atoms with van der Waals surface area (Å²) in [5.41, 5.74) is 1.21. The van der Waals surface area contributed by atoms with Gasteiger partial charge in [0.1, 0.15) is 0 Å². The predicted molar refractivity (Wildman–Crippen MR) is 101 cm³/mol. The molecule has 0 radical (unpaired) electrons. The Balaban J connectivity index is 1.46. The number of urea groups is 1. The number of carbonyl (C=O) groups is 3. The first-order chi connectivity index (χ1) is 13.1. The fraction of sp³-hybridized carbons (Fsp3) is 0.333. The number of nitrogens with one attached hydrogen (secondary N) is 1. The van der Waals surface area contributed by atoms with Gasteiger partial charge in [-0.3, -0.25) is 14.5 Å². The number of rotatable bonds is 4. The molecule has 9 heteroatoms. The number of thiazole rings is 1. The van der Waals surface area contributed by atoms with Crippen LogP contribution in [-0.4, -0.2) is 65.4 Å². The Morgan fingerprint density at radius 3 is 2.59 bits per heavy atom. The summed E-state index contributed by atoms with van der Waals surface area (Å²) >= 11 is 1.59. The molecule has 2 aliphatic heterocycles. The number of anilines is 1. The summed E-state index contributed by atoms with van der Waals surface area (Å²) < 4.78 is 0. The summed E-state index contributed by atoms with van der Waals surface area (Å²) in [6.45, 7) is 2.79. The van der Waals surface area contributed by atoms with Crippen molar-refractivity contribution in [3.8, 4) is 0 Å². The molecule has 0 aliphatic carbocycles. The molecule has 4 amide bonds. The van der Waals surface area contributed by atoms with Crippen LogP contribution in [0.3, 0.4) is 0 Å². The van der Waals surface area contributed by atoms with Gasteiger partial charge >= 0.3 is 6.03 Å². The zero-order valence-corrected chi connectivity index (χ0v) is 15.4. The Bertz CT molecular complexity index is 846. The number of hydrogen-bond acceptors (Lipinski definition) is 6. The van der Waals surface area contributed by atoms with Crippen LogP contribution >= 0.6 is 11.3 Å². The van der Waals surface area contributed by atoms with Gasteiger partial charge in [-0.2, -0.15) is 0 Å². The Labute approximate surface area is 160 Å². The Hall–Kier alpha value is -2.94. The molecule has 2 aromatic rings. The molecule has 0 bridgehead atoms. The van der Waals surface area contributed by atoms with Gasteiger partial charge in [0.2, 0.25) is 5.91 Å². The van der Waals surface area contributed by atoms with Gasteiger partial charge in [-0.25, -0.2) is 9.78 Å². The highest BCUT2D eigenvalue weighted by Gasteiger charge is 2.30. The second kappa shape index (κ2) is 7.36. The molecule has 2 aliphatic rings. The lowest BCUT2D eigenvalue weighted by molar-refractivity contribution is -0.125. The summed E-state index contributed by atoms with van der Waals surface area (Å²) in [5, 5.41) is 5.42. The van der Waals surface area contributed by atoms with Crippen molar-refractivity contribution in [3.05, 3.63) is 47.0 Å². The van der Waals surface area contributed by atoms with E-state index in [1.165, 1.54) is 0 Å². The van der Waals surface area contributed by atoms with E-state index in [0.29, 0.717) is 24.2 Å². The first-order valence-corrected chi connectivity index (χ1v) is 9.61. The van der Waals surface area contributed by atoms with Crippen LogP contribution in [0.2, 0.25) is 0 Å². The Kier molecular flexibility index (Phi) is 4.76. The first-order valence-electron chi connectivity index (χ1n) is 8.73. The highest BCUT2D eigenvalue weighted by atomic mass is 32.1. The number of benzene rings is 1. The van der Waals surface area contributed by atoms with Crippen LogP contribution in [0.15, 0.2) is 35.8 Å². The zero-order valence-electron chi connectivity index (χ0n) is 14.6. The maximum Gasteiger partial charge on any atom is 0.324 e. The number of nitrogens with zero attached hydrogens (tertiary/aromatic N) is 4. The predicted octanol–water partition coefficient (Wildman–Crippen LogP) is 1.16. The molecule has 3 heterocycles. The van der Waals surface area contributed by atoms with Crippen LogP contribution in [0.25, 0.3) is 0 Å². The molecule has 8 nitrogen and oxygen atoms in total. The van der Waals surface area contributed by atoms with Gasteiger partial charge < -0.3 is 15.1 Å². The van der Waals surface area contributed by atoms with Gasteiger partial charge in [-0.15, -0.1) is 11.3 Å². The van der Waals surface area contributed by atoms with Crippen molar-refractivity contribution in [1.29, 1.82) is 0 Å². The van der Waals surface area contributed by atoms with Crippen molar-refractivity contribution in [2.24, 2.45) is 0 Å².